The van der Waals surface area contributed by atoms with Gasteiger partial charge in [0.25, 0.3) is 0 Å². The number of hydrogen-bond donors (Lipinski definition) is 1. The number of nitrogens with zero attached hydrogens (tertiary/aromatic N) is 1. The van der Waals surface area contributed by atoms with Crippen LogP contribution in [-0.4, -0.2) is 0 Å². The smallest absolute Gasteiger partial charge is 0.127 e. The molecule has 0 aliphatic carbocycles. The largest absolute Gasteiger partial charge is 0.488 e. The van der Waals surface area contributed by atoms with Gasteiger partial charge in [0.05, 0.1) is 11.6 Å². The fourth-order valence-corrected chi connectivity index (χ4v) is 1.90. The molecule has 3 heteroatoms. The van der Waals surface area contributed by atoms with Gasteiger partial charge in [0.2, 0.25) is 0 Å². The highest BCUT2D eigenvalue weighted by Crippen LogP contribution is 2.28. The number of aryl methyl sites for hydroxylation is 1. The molecule has 2 N–H and O–H groups in total. The Labute approximate surface area is 113 Å². The van der Waals surface area contributed by atoms with Crippen LogP contribution in [0.15, 0.2) is 36.4 Å². The number of hydrogen-bond acceptors (Lipinski definition) is 3. The van der Waals surface area contributed by atoms with Gasteiger partial charge >= 0.3 is 0 Å². The predicted octanol–water partition coefficient (Wildman–Crippen LogP) is 3.34. The molecule has 0 radical (unpaired) electrons. The molecular formula is C16H16N2O. The standard InChI is InChI=1S/C16H16N2O/c1-11-3-8-15(18)12(2)16(11)19-10-14-6-4-13(9-17)5-7-14/h3-8H,10,18H2,1-2H3. The molecule has 0 aliphatic heterocycles. The molecule has 0 amide bonds. The lowest BCUT2D eigenvalue weighted by Gasteiger charge is -2.13. The molecule has 19 heavy (non-hydrogen) atoms. The third kappa shape index (κ3) is 2.86. The molecule has 0 aromatic heterocycles. The maximum atomic E-state index is 8.74. The third-order valence-corrected chi connectivity index (χ3v) is 3.11. The lowest BCUT2D eigenvalue weighted by atomic mass is 10.1. The van der Waals surface area contributed by atoms with Gasteiger partial charge in [0.15, 0.2) is 0 Å². The van der Waals surface area contributed by atoms with Gasteiger partial charge < -0.3 is 10.5 Å². The van der Waals surface area contributed by atoms with Crippen LogP contribution in [0, 0.1) is 25.2 Å². The van der Waals surface area contributed by atoms with Crippen LogP contribution >= 0.6 is 0 Å². The Hall–Kier alpha value is -2.47. The molecule has 0 bridgehead atoms. The van der Waals surface area contributed by atoms with Crippen LogP contribution in [0.2, 0.25) is 0 Å². The summed E-state index contributed by atoms with van der Waals surface area (Å²) in [4.78, 5) is 0. The van der Waals surface area contributed by atoms with Crippen molar-refractivity contribution in [3.8, 4) is 11.8 Å². The van der Waals surface area contributed by atoms with Crippen molar-refractivity contribution in [2.24, 2.45) is 0 Å². The van der Waals surface area contributed by atoms with E-state index in [1.807, 2.05) is 38.1 Å². The molecule has 0 saturated heterocycles. The third-order valence-electron chi connectivity index (χ3n) is 3.11. The molecule has 0 aliphatic rings. The monoisotopic (exact) mass is 252 g/mol. The van der Waals surface area contributed by atoms with Crippen LogP contribution in [-0.2, 0) is 6.61 Å². The van der Waals surface area contributed by atoms with E-state index in [0.717, 1.165) is 28.1 Å². The molecule has 0 spiro atoms. The van der Waals surface area contributed by atoms with Crippen molar-refractivity contribution in [3.05, 3.63) is 58.7 Å². The van der Waals surface area contributed by atoms with Gasteiger partial charge in [-0.15, -0.1) is 0 Å². The number of anilines is 1. The van der Waals surface area contributed by atoms with Gasteiger partial charge in [0, 0.05) is 11.3 Å². The molecule has 3 nitrogen and oxygen atoms in total. The molecule has 96 valence electrons. The van der Waals surface area contributed by atoms with E-state index in [-0.39, 0.29) is 0 Å². The number of rotatable bonds is 3. The highest BCUT2D eigenvalue weighted by Gasteiger charge is 2.07. The Morgan fingerprint density at radius 3 is 2.42 bits per heavy atom. The van der Waals surface area contributed by atoms with E-state index in [9.17, 15) is 0 Å². The highest BCUT2D eigenvalue weighted by atomic mass is 16.5. The minimum Gasteiger partial charge on any atom is -0.488 e. The SMILES string of the molecule is Cc1ccc(N)c(C)c1OCc1ccc(C#N)cc1. The zero-order chi connectivity index (χ0) is 13.8. The van der Waals surface area contributed by atoms with E-state index in [1.54, 1.807) is 12.1 Å². The molecule has 0 saturated carbocycles. The van der Waals surface area contributed by atoms with E-state index in [0.29, 0.717) is 12.2 Å². The number of nitrogen functional groups attached to an aromatic ring is 1. The molecule has 0 atom stereocenters. The van der Waals surface area contributed by atoms with Crippen LogP contribution in [0.4, 0.5) is 5.69 Å². The number of nitriles is 1. The molecule has 2 aromatic carbocycles. The van der Waals surface area contributed by atoms with Crippen LogP contribution in [0.5, 0.6) is 5.75 Å². The summed E-state index contributed by atoms with van der Waals surface area (Å²) in [6.45, 7) is 4.42. The van der Waals surface area contributed by atoms with E-state index in [4.69, 9.17) is 15.7 Å². The highest BCUT2D eigenvalue weighted by molar-refractivity contribution is 5.56. The first-order valence-corrected chi connectivity index (χ1v) is 6.09. The molecule has 0 heterocycles. The summed E-state index contributed by atoms with van der Waals surface area (Å²) in [6, 6.07) is 13.3. The van der Waals surface area contributed by atoms with Crippen molar-refractivity contribution >= 4 is 5.69 Å². The van der Waals surface area contributed by atoms with E-state index >= 15 is 0 Å². The fourth-order valence-electron chi connectivity index (χ4n) is 1.90. The van der Waals surface area contributed by atoms with E-state index in [1.165, 1.54) is 0 Å². The maximum Gasteiger partial charge on any atom is 0.127 e. The minimum atomic E-state index is 0.469. The molecule has 2 rings (SSSR count). The first kappa shape index (κ1) is 13.0. The van der Waals surface area contributed by atoms with Crippen LogP contribution in [0.25, 0.3) is 0 Å². The van der Waals surface area contributed by atoms with Crippen molar-refractivity contribution in [2.45, 2.75) is 20.5 Å². The topological polar surface area (TPSA) is 59.0 Å². The zero-order valence-electron chi connectivity index (χ0n) is 11.1. The Morgan fingerprint density at radius 2 is 1.79 bits per heavy atom. The fraction of sp³-hybridized carbons (Fsp3) is 0.188. The van der Waals surface area contributed by atoms with Crippen LogP contribution in [0.3, 0.4) is 0 Å². The summed E-state index contributed by atoms with van der Waals surface area (Å²) >= 11 is 0. The Kier molecular flexibility index (Phi) is 3.72. The van der Waals surface area contributed by atoms with Gasteiger partial charge in [-0.05, 0) is 43.2 Å². The Morgan fingerprint density at radius 1 is 1.11 bits per heavy atom. The van der Waals surface area contributed by atoms with Gasteiger partial charge in [-0.2, -0.15) is 5.26 Å². The second-order valence-corrected chi connectivity index (χ2v) is 4.52. The van der Waals surface area contributed by atoms with Gasteiger partial charge in [-0.1, -0.05) is 18.2 Å². The van der Waals surface area contributed by atoms with Crippen molar-refractivity contribution in [1.29, 1.82) is 5.26 Å². The maximum absolute atomic E-state index is 8.74. The van der Waals surface area contributed by atoms with Crippen molar-refractivity contribution in [1.82, 2.24) is 0 Å². The first-order chi connectivity index (χ1) is 9.11. The summed E-state index contributed by atoms with van der Waals surface area (Å²) in [5.74, 6) is 0.837. The Bertz CT molecular complexity index is 624. The van der Waals surface area contributed by atoms with Crippen LogP contribution < -0.4 is 10.5 Å². The molecular weight excluding hydrogens is 236 g/mol. The molecule has 2 aromatic rings. The molecule has 0 fully saturated rings. The average molecular weight is 252 g/mol. The van der Waals surface area contributed by atoms with E-state index < -0.39 is 0 Å². The normalized spacial score (nSPS) is 9.95. The van der Waals surface area contributed by atoms with E-state index in [2.05, 4.69) is 6.07 Å². The number of nitrogens with two attached hydrogens (primary N) is 1. The average Bonchev–Trinajstić information content (AvgIpc) is 2.44. The lowest BCUT2D eigenvalue weighted by Crippen LogP contribution is -2.01. The van der Waals surface area contributed by atoms with Crippen molar-refractivity contribution in [3.63, 3.8) is 0 Å². The Balaban J connectivity index is 2.14. The predicted molar refractivity (Wildman–Crippen MR) is 75.8 cm³/mol. The van der Waals surface area contributed by atoms with Crippen molar-refractivity contribution in [2.75, 3.05) is 5.73 Å². The quantitative estimate of drug-likeness (QED) is 0.852. The second-order valence-electron chi connectivity index (χ2n) is 4.52. The second kappa shape index (κ2) is 5.45. The summed E-state index contributed by atoms with van der Waals surface area (Å²) in [5.41, 5.74) is 10.3. The van der Waals surface area contributed by atoms with Gasteiger partial charge in [0.1, 0.15) is 12.4 Å². The summed E-state index contributed by atoms with van der Waals surface area (Å²) in [5, 5.41) is 8.74. The molecule has 0 unspecified atom stereocenters. The van der Waals surface area contributed by atoms with Crippen molar-refractivity contribution < 1.29 is 4.74 Å². The van der Waals surface area contributed by atoms with Gasteiger partial charge in [-0.3, -0.25) is 0 Å². The number of benzene rings is 2. The minimum absolute atomic E-state index is 0.469. The summed E-state index contributed by atoms with van der Waals surface area (Å²) in [7, 11) is 0. The number of ether oxygens (including phenoxy) is 1. The lowest BCUT2D eigenvalue weighted by molar-refractivity contribution is 0.302. The summed E-state index contributed by atoms with van der Waals surface area (Å²) in [6.07, 6.45) is 0. The zero-order valence-corrected chi connectivity index (χ0v) is 11.1. The van der Waals surface area contributed by atoms with Crippen LogP contribution in [0.1, 0.15) is 22.3 Å². The first-order valence-electron chi connectivity index (χ1n) is 6.09. The van der Waals surface area contributed by atoms with Gasteiger partial charge in [-0.25, -0.2) is 0 Å². The summed E-state index contributed by atoms with van der Waals surface area (Å²) < 4.78 is 5.85.